The number of aliphatic carboxylic acids is 1. The second-order valence-electron chi connectivity index (χ2n) is 9.36. The first-order valence-electron chi connectivity index (χ1n) is 12.2. The van der Waals surface area contributed by atoms with Crippen LogP contribution in [0.25, 0.3) is 10.9 Å². The van der Waals surface area contributed by atoms with Crippen LogP contribution < -0.4 is 4.74 Å². The van der Waals surface area contributed by atoms with Crippen LogP contribution in [0.1, 0.15) is 36.0 Å². The minimum Gasteiger partial charge on any atom is -0.497 e. The molecule has 1 aliphatic rings. The molecule has 0 bridgehead atoms. The number of fused-ring (bicyclic) bond motifs is 1. The number of hydrogen-bond donors (Lipinski definition) is 1. The van der Waals surface area contributed by atoms with E-state index < -0.39 is 11.9 Å². The molecule has 2 atom stereocenters. The molecule has 1 fully saturated rings. The fourth-order valence-corrected chi connectivity index (χ4v) is 5.66. The van der Waals surface area contributed by atoms with Crippen molar-refractivity contribution >= 4 is 40.1 Å². The van der Waals surface area contributed by atoms with Gasteiger partial charge in [-0.3, -0.25) is 14.7 Å². The third-order valence-electron chi connectivity index (χ3n) is 6.99. The average molecular weight is 525 g/mol. The third-order valence-corrected chi connectivity index (χ3v) is 7.50. The maximum absolute atomic E-state index is 12.1. The lowest BCUT2D eigenvalue weighted by atomic mass is 9.81. The van der Waals surface area contributed by atoms with Gasteiger partial charge in [0.1, 0.15) is 5.75 Å². The second kappa shape index (κ2) is 12.0. The molecule has 1 N–H and O–H groups in total. The number of nitrogens with zero attached hydrogens (tertiary/aromatic N) is 2. The predicted molar refractivity (Wildman–Crippen MR) is 145 cm³/mol. The van der Waals surface area contributed by atoms with E-state index in [1.807, 2.05) is 43.5 Å². The number of piperidine rings is 1. The van der Waals surface area contributed by atoms with Crippen molar-refractivity contribution in [3.63, 3.8) is 0 Å². The molecule has 0 radical (unpaired) electrons. The number of carbonyl (C=O) groups is 1. The smallest absolute Gasteiger partial charge is 0.308 e. The van der Waals surface area contributed by atoms with Crippen LogP contribution in [-0.2, 0) is 11.2 Å². The summed E-state index contributed by atoms with van der Waals surface area (Å²) in [5, 5.41) is 12.1. The van der Waals surface area contributed by atoms with Crippen LogP contribution >= 0.6 is 23.2 Å². The SMILES string of the molecule is COc1ccc2nccc(CCC[C@@H]3CCN(CC#Cc4c(C)cc(Cl)cc4Cl)C[C@@H]3C(=O)O)c2c1. The lowest BCUT2D eigenvalue weighted by Gasteiger charge is -2.35. The number of benzene rings is 2. The summed E-state index contributed by atoms with van der Waals surface area (Å²) < 4.78 is 5.38. The van der Waals surface area contributed by atoms with Gasteiger partial charge in [0.15, 0.2) is 0 Å². The van der Waals surface area contributed by atoms with Crippen molar-refractivity contribution in [2.45, 2.75) is 32.6 Å². The van der Waals surface area contributed by atoms with Crippen molar-refractivity contribution in [2.24, 2.45) is 11.8 Å². The lowest BCUT2D eigenvalue weighted by molar-refractivity contribution is -0.146. The van der Waals surface area contributed by atoms with Gasteiger partial charge in [0.25, 0.3) is 0 Å². The summed E-state index contributed by atoms with van der Waals surface area (Å²) in [5.41, 5.74) is 3.87. The zero-order chi connectivity index (χ0) is 25.7. The van der Waals surface area contributed by atoms with Gasteiger partial charge in [-0.2, -0.15) is 0 Å². The Labute approximate surface area is 222 Å². The average Bonchev–Trinajstić information content (AvgIpc) is 2.85. The summed E-state index contributed by atoms with van der Waals surface area (Å²) in [6.45, 7) is 3.79. The maximum atomic E-state index is 12.1. The van der Waals surface area contributed by atoms with Gasteiger partial charge in [0.2, 0.25) is 0 Å². The summed E-state index contributed by atoms with van der Waals surface area (Å²) in [4.78, 5) is 18.7. The van der Waals surface area contributed by atoms with E-state index in [0.717, 1.165) is 60.0 Å². The van der Waals surface area contributed by atoms with Crippen molar-refractivity contribution in [3.8, 4) is 17.6 Å². The highest BCUT2D eigenvalue weighted by Crippen LogP contribution is 2.30. The number of halogens is 2. The van der Waals surface area contributed by atoms with E-state index in [9.17, 15) is 9.90 Å². The van der Waals surface area contributed by atoms with Gasteiger partial charge in [0.05, 0.1) is 30.1 Å². The van der Waals surface area contributed by atoms with Crippen molar-refractivity contribution in [1.29, 1.82) is 0 Å². The van der Waals surface area contributed by atoms with E-state index in [1.54, 1.807) is 13.2 Å². The number of methoxy groups -OCH3 is 1. The molecule has 0 aliphatic carbocycles. The first-order chi connectivity index (χ1) is 17.4. The molecule has 188 valence electrons. The molecule has 1 aromatic heterocycles. The van der Waals surface area contributed by atoms with E-state index in [-0.39, 0.29) is 5.92 Å². The Kier molecular flexibility index (Phi) is 8.74. The van der Waals surface area contributed by atoms with E-state index in [0.29, 0.717) is 23.1 Å². The Bertz CT molecular complexity index is 1290. The minimum absolute atomic E-state index is 0.155. The van der Waals surface area contributed by atoms with Gasteiger partial charge in [-0.05, 0) is 92.6 Å². The third kappa shape index (κ3) is 6.31. The fourth-order valence-electron chi connectivity index (χ4n) is 5.02. The number of hydrogen-bond acceptors (Lipinski definition) is 4. The standard InChI is InChI=1S/C29H30Cl2N2O3/c1-19-15-22(30)16-27(31)24(19)7-4-13-33-14-11-21(26(18-33)29(34)35)6-3-5-20-10-12-32-28-9-8-23(36-2)17-25(20)28/h8-10,12,15-17,21,26H,3,5-6,11,13-14,18H2,1-2H3,(H,34,35)/t21-,26+/m1/s1. The Morgan fingerprint density at radius 1 is 1.25 bits per heavy atom. The van der Waals surface area contributed by atoms with E-state index in [1.165, 1.54) is 5.56 Å². The molecule has 36 heavy (non-hydrogen) atoms. The number of rotatable bonds is 7. The highest BCUT2D eigenvalue weighted by Gasteiger charge is 2.33. The van der Waals surface area contributed by atoms with Gasteiger partial charge in [-0.15, -0.1) is 0 Å². The largest absolute Gasteiger partial charge is 0.497 e. The molecule has 3 aromatic rings. The Balaban J connectivity index is 1.35. The number of pyridine rings is 1. The molecular formula is C29H30Cl2N2O3. The number of ether oxygens (including phenoxy) is 1. The summed E-state index contributed by atoms with van der Waals surface area (Å²) in [5.74, 6) is 6.16. The van der Waals surface area contributed by atoms with Crippen LogP contribution in [0.3, 0.4) is 0 Å². The molecule has 1 saturated heterocycles. The van der Waals surface area contributed by atoms with Gasteiger partial charge in [0, 0.05) is 28.7 Å². The van der Waals surface area contributed by atoms with Crippen molar-refractivity contribution in [3.05, 3.63) is 69.3 Å². The van der Waals surface area contributed by atoms with Gasteiger partial charge >= 0.3 is 5.97 Å². The zero-order valence-electron chi connectivity index (χ0n) is 20.6. The quantitative estimate of drug-likeness (QED) is 0.369. The van der Waals surface area contributed by atoms with Crippen LogP contribution in [-0.4, -0.2) is 47.7 Å². The molecule has 7 heteroatoms. The molecule has 0 unspecified atom stereocenters. The number of aryl methyl sites for hydroxylation is 2. The Morgan fingerprint density at radius 2 is 2.08 bits per heavy atom. The number of carboxylic acid groups (broad SMARTS) is 1. The minimum atomic E-state index is -0.728. The van der Waals surface area contributed by atoms with Crippen molar-refractivity contribution < 1.29 is 14.6 Å². The zero-order valence-corrected chi connectivity index (χ0v) is 22.1. The fraction of sp³-hybridized carbons (Fsp3) is 0.379. The van der Waals surface area contributed by atoms with Gasteiger partial charge in [-0.1, -0.05) is 35.0 Å². The van der Waals surface area contributed by atoms with E-state index in [4.69, 9.17) is 27.9 Å². The van der Waals surface area contributed by atoms with Gasteiger partial charge in [-0.25, -0.2) is 0 Å². The molecule has 2 heterocycles. The molecule has 0 saturated carbocycles. The predicted octanol–water partition coefficient (Wildman–Crippen LogP) is 6.26. The number of likely N-dealkylation sites (tertiary alicyclic amines) is 1. The van der Waals surface area contributed by atoms with Crippen LogP contribution in [0.2, 0.25) is 10.0 Å². The summed E-state index contributed by atoms with van der Waals surface area (Å²) in [7, 11) is 1.66. The molecule has 0 amide bonds. The monoisotopic (exact) mass is 524 g/mol. The Morgan fingerprint density at radius 3 is 2.83 bits per heavy atom. The molecule has 0 spiro atoms. The summed E-state index contributed by atoms with van der Waals surface area (Å²) in [6.07, 6.45) is 5.38. The first kappa shape index (κ1) is 26.3. The molecule has 4 rings (SSSR count). The lowest BCUT2D eigenvalue weighted by Crippen LogP contribution is -2.44. The second-order valence-corrected chi connectivity index (χ2v) is 10.2. The number of aromatic nitrogens is 1. The van der Waals surface area contributed by atoms with Crippen LogP contribution in [0.15, 0.2) is 42.6 Å². The van der Waals surface area contributed by atoms with Crippen LogP contribution in [0, 0.1) is 30.6 Å². The number of carboxylic acids is 1. The van der Waals surface area contributed by atoms with Crippen molar-refractivity contribution in [1.82, 2.24) is 9.88 Å². The highest BCUT2D eigenvalue weighted by molar-refractivity contribution is 6.35. The van der Waals surface area contributed by atoms with Gasteiger partial charge < -0.3 is 9.84 Å². The molecule has 1 aliphatic heterocycles. The topological polar surface area (TPSA) is 62.7 Å². The first-order valence-corrected chi connectivity index (χ1v) is 12.9. The Hall–Kier alpha value is -2.78. The molecular weight excluding hydrogens is 495 g/mol. The van der Waals surface area contributed by atoms with Crippen LogP contribution in [0.5, 0.6) is 5.75 Å². The van der Waals surface area contributed by atoms with Crippen LogP contribution in [0.4, 0.5) is 0 Å². The highest BCUT2D eigenvalue weighted by atomic mass is 35.5. The molecule has 2 aromatic carbocycles. The molecule has 5 nitrogen and oxygen atoms in total. The van der Waals surface area contributed by atoms with E-state index in [2.05, 4.69) is 21.7 Å². The summed E-state index contributed by atoms with van der Waals surface area (Å²) in [6, 6.07) is 11.5. The van der Waals surface area contributed by atoms with E-state index >= 15 is 0 Å². The normalized spacial score (nSPS) is 18.0. The van der Waals surface area contributed by atoms with Crippen molar-refractivity contribution in [2.75, 3.05) is 26.7 Å². The summed E-state index contributed by atoms with van der Waals surface area (Å²) >= 11 is 12.3. The maximum Gasteiger partial charge on any atom is 0.308 e.